The maximum Gasteiger partial charge on any atom is 0.133 e. The first-order valence-corrected chi connectivity index (χ1v) is 8.82. The Bertz CT molecular complexity index is 510. The molecule has 1 aliphatic rings. The summed E-state index contributed by atoms with van der Waals surface area (Å²) in [6.07, 6.45) is 6.50. The molecular weight excluding hydrogens is 272 g/mol. The summed E-state index contributed by atoms with van der Waals surface area (Å²) < 4.78 is 0. The van der Waals surface area contributed by atoms with Crippen molar-refractivity contribution in [3.05, 3.63) is 28.1 Å². The summed E-state index contributed by atoms with van der Waals surface area (Å²) in [5.74, 6) is 0. The number of thiazole rings is 1. The van der Waals surface area contributed by atoms with Gasteiger partial charge in [-0.1, -0.05) is 25.8 Å². The molecular formula is C15H20N2S2. The van der Waals surface area contributed by atoms with E-state index < -0.39 is 0 Å². The molecule has 3 rings (SSSR count). The molecule has 2 nitrogen and oxygen atoms in total. The third-order valence-corrected chi connectivity index (χ3v) is 5.89. The number of aryl methyl sites for hydroxylation is 1. The van der Waals surface area contributed by atoms with Crippen LogP contribution in [-0.2, 0) is 13.0 Å². The highest BCUT2D eigenvalue weighted by atomic mass is 32.1. The molecule has 0 aliphatic heterocycles. The van der Waals surface area contributed by atoms with Gasteiger partial charge in [-0.2, -0.15) is 0 Å². The Kier molecular flexibility index (Phi) is 4.31. The van der Waals surface area contributed by atoms with Crippen LogP contribution in [0.25, 0.3) is 9.88 Å². The smallest absolute Gasteiger partial charge is 0.133 e. The third-order valence-electron chi connectivity index (χ3n) is 3.75. The van der Waals surface area contributed by atoms with Crippen LogP contribution in [-0.4, -0.2) is 11.0 Å². The largest absolute Gasteiger partial charge is 0.309 e. The lowest BCUT2D eigenvalue weighted by Crippen LogP contribution is -2.25. The summed E-state index contributed by atoms with van der Waals surface area (Å²) in [5.41, 5.74) is 1.28. The zero-order chi connectivity index (χ0) is 13.1. The molecule has 1 saturated carbocycles. The van der Waals surface area contributed by atoms with Crippen molar-refractivity contribution in [3.8, 4) is 9.88 Å². The number of aromatic nitrogens is 1. The maximum absolute atomic E-state index is 4.81. The van der Waals surface area contributed by atoms with Crippen LogP contribution in [0.1, 0.15) is 43.2 Å². The van der Waals surface area contributed by atoms with Gasteiger partial charge in [-0.15, -0.1) is 22.7 Å². The summed E-state index contributed by atoms with van der Waals surface area (Å²) in [5, 5.41) is 7.02. The molecule has 0 atom stereocenters. The fourth-order valence-electron chi connectivity index (χ4n) is 2.67. The van der Waals surface area contributed by atoms with E-state index in [1.807, 2.05) is 11.3 Å². The van der Waals surface area contributed by atoms with E-state index in [1.54, 1.807) is 11.3 Å². The maximum atomic E-state index is 4.81. The molecule has 0 bridgehead atoms. The van der Waals surface area contributed by atoms with Crippen LogP contribution in [0, 0.1) is 0 Å². The summed E-state index contributed by atoms with van der Waals surface area (Å²) in [6.45, 7) is 3.20. The quantitative estimate of drug-likeness (QED) is 0.879. The van der Waals surface area contributed by atoms with Gasteiger partial charge in [0.2, 0.25) is 0 Å². The molecule has 1 N–H and O–H groups in total. The molecule has 19 heavy (non-hydrogen) atoms. The third kappa shape index (κ3) is 3.07. The Hall–Kier alpha value is -0.710. The zero-order valence-electron chi connectivity index (χ0n) is 11.3. The second-order valence-electron chi connectivity index (χ2n) is 5.08. The zero-order valence-corrected chi connectivity index (χ0v) is 12.9. The van der Waals surface area contributed by atoms with E-state index in [-0.39, 0.29) is 0 Å². The summed E-state index contributed by atoms with van der Waals surface area (Å²) in [7, 11) is 0. The van der Waals surface area contributed by atoms with Crippen LogP contribution in [0.4, 0.5) is 0 Å². The normalized spacial score (nSPS) is 16.3. The minimum atomic E-state index is 0.733. The van der Waals surface area contributed by atoms with Gasteiger partial charge in [0.15, 0.2) is 0 Å². The van der Waals surface area contributed by atoms with E-state index in [0.717, 1.165) is 19.0 Å². The molecule has 1 fully saturated rings. The number of nitrogens with one attached hydrogen (secondary N) is 1. The second-order valence-corrected chi connectivity index (χ2v) is 7.11. The lowest BCUT2D eigenvalue weighted by atomic mass is 10.2. The lowest BCUT2D eigenvalue weighted by Gasteiger charge is -2.10. The number of thiophene rings is 1. The number of hydrogen-bond donors (Lipinski definition) is 1. The van der Waals surface area contributed by atoms with Crippen molar-refractivity contribution >= 4 is 22.7 Å². The Morgan fingerprint density at radius 3 is 2.89 bits per heavy atom. The van der Waals surface area contributed by atoms with Gasteiger partial charge in [-0.25, -0.2) is 4.98 Å². The highest BCUT2D eigenvalue weighted by Gasteiger charge is 2.16. The van der Waals surface area contributed by atoms with Crippen molar-refractivity contribution in [2.24, 2.45) is 0 Å². The molecule has 0 unspecified atom stereocenters. The van der Waals surface area contributed by atoms with Gasteiger partial charge < -0.3 is 5.32 Å². The Labute approximate surface area is 122 Å². The van der Waals surface area contributed by atoms with Crippen LogP contribution in [0.3, 0.4) is 0 Å². The minimum Gasteiger partial charge on any atom is -0.309 e. The van der Waals surface area contributed by atoms with E-state index in [2.05, 4.69) is 29.8 Å². The van der Waals surface area contributed by atoms with Gasteiger partial charge in [0.05, 0.1) is 10.6 Å². The Balaban J connectivity index is 1.72. The fraction of sp³-hybridized carbons (Fsp3) is 0.533. The minimum absolute atomic E-state index is 0.733. The average Bonchev–Trinajstić information content (AvgIpc) is 3.16. The van der Waals surface area contributed by atoms with Gasteiger partial charge in [-0.3, -0.25) is 0 Å². The van der Waals surface area contributed by atoms with Crippen LogP contribution in [0.2, 0.25) is 0 Å². The van der Waals surface area contributed by atoms with E-state index in [4.69, 9.17) is 4.98 Å². The number of hydrogen-bond acceptors (Lipinski definition) is 4. The van der Waals surface area contributed by atoms with Crippen LogP contribution >= 0.6 is 22.7 Å². The molecule has 2 aromatic rings. The van der Waals surface area contributed by atoms with Crippen molar-refractivity contribution in [2.45, 2.75) is 51.6 Å². The molecule has 0 aromatic carbocycles. The van der Waals surface area contributed by atoms with Crippen molar-refractivity contribution in [1.29, 1.82) is 0 Å². The molecule has 4 heteroatoms. The second kappa shape index (κ2) is 6.16. The first kappa shape index (κ1) is 13.3. The summed E-state index contributed by atoms with van der Waals surface area (Å²) in [6, 6.07) is 5.00. The summed E-state index contributed by atoms with van der Waals surface area (Å²) in [4.78, 5) is 7.53. The predicted molar refractivity (Wildman–Crippen MR) is 83.9 cm³/mol. The van der Waals surface area contributed by atoms with Gasteiger partial charge in [0.1, 0.15) is 5.01 Å². The van der Waals surface area contributed by atoms with Gasteiger partial charge in [0.25, 0.3) is 0 Å². The monoisotopic (exact) mass is 292 g/mol. The van der Waals surface area contributed by atoms with Gasteiger partial charge >= 0.3 is 0 Å². The molecule has 0 saturated heterocycles. The molecule has 0 spiro atoms. The molecule has 0 amide bonds. The highest BCUT2D eigenvalue weighted by molar-refractivity contribution is 7.21. The molecule has 2 aromatic heterocycles. The standard InChI is InChI=1S/C15H20N2S2/c1-2-12-14(10-16-11-6-3-4-7-11)19-15(17-12)13-8-5-9-18-13/h5,8-9,11,16H,2-4,6-7,10H2,1H3. The number of rotatable bonds is 5. The van der Waals surface area contributed by atoms with Crippen LogP contribution < -0.4 is 5.32 Å². The van der Waals surface area contributed by atoms with Gasteiger partial charge in [0, 0.05) is 17.5 Å². The van der Waals surface area contributed by atoms with E-state index in [1.165, 1.54) is 46.1 Å². The van der Waals surface area contributed by atoms with E-state index in [9.17, 15) is 0 Å². The van der Waals surface area contributed by atoms with Crippen molar-refractivity contribution in [2.75, 3.05) is 0 Å². The van der Waals surface area contributed by atoms with Crippen molar-refractivity contribution in [3.63, 3.8) is 0 Å². The van der Waals surface area contributed by atoms with Crippen LogP contribution in [0.15, 0.2) is 17.5 Å². The van der Waals surface area contributed by atoms with Crippen LogP contribution in [0.5, 0.6) is 0 Å². The average molecular weight is 292 g/mol. The van der Waals surface area contributed by atoms with Gasteiger partial charge in [-0.05, 0) is 30.7 Å². The van der Waals surface area contributed by atoms with E-state index >= 15 is 0 Å². The molecule has 2 heterocycles. The topological polar surface area (TPSA) is 24.9 Å². The molecule has 0 radical (unpaired) electrons. The SMILES string of the molecule is CCc1nc(-c2cccs2)sc1CNC1CCCC1. The number of nitrogens with zero attached hydrogens (tertiary/aromatic N) is 1. The van der Waals surface area contributed by atoms with E-state index in [0.29, 0.717) is 0 Å². The highest BCUT2D eigenvalue weighted by Crippen LogP contribution is 2.31. The first-order valence-electron chi connectivity index (χ1n) is 7.12. The lowest BCUT2D eigenvalue weighted by molar-refractivity contribution is 0.525. The molecule has 1 aliphatic carbocycles. The fourth-order valence-corrected chi connectivity index (χ4v) is 4.57. The van der Waals surface area contributed by atoms with Crippen molar-refractivity contribution < 1.29 is 0 Å². The predicted octanol–water partition coefficient (Wildman–Crippen LogP) is 4.47. The van der Waals surface area contributed by atoms with Crippen molar-refractivity contribution in [1.82, 2.24) is 10.3 Å². The summed E-state index contributed by atoms with van der Waals surface area (Å²) >= 11 is 3.64. The molecule has 102 valence electrons. The first-order chi connectivity index (χ1) is 9.36. The Morgan fingerprint density at radius 1 is 1.37 bits per heavy atom. The Morgan fingerprint density at radius 2 is 2.21 bits per heavy atom.